The zero-order valence-corrected chi connectivity index (χ0v) is 12.1. The summed E-state index contributed by atoms with van der Waals surface area (Å²) in [7, 11) is 0. The fourth-order valence-corrected chi connectivity index (χ4v) is 1.78. The number of hydrazine groups is 1. The molecule has 3 N–H and O–H groups in total. The number of nitrogens with zero attached hydrogens (tertiary/aromatic N) is 1. The highest BCUT2D eigenvalue weighted by Gasteiger charge is 2.15. The van der Waals surface area contributed by atoms with Crippen molar-refractivity contribution in [3.63, 3.8) is 0 Å². The summed E-state index contributed by atoms with van der Waals surface area (Å²) in [5.41, 5.74) is 3.75. The number of nitrogens with one attached hydrogen (secondary N) is 1. The number of nitrogens with two attached hydrogens (primary N) is 1. The van der Waals surface area contributed by atoms with Gasteiger partial charge in [0.15, 0.2) is 0 Å². The third kappa shape index (κ3) is 6.12. The number of pyridine rings is 1. The van der Waals surface area contributed by atoms with Gasteiger partial charge < -0.3 is 4.74 Å². The second-order valence-electron chi connectivity index (χ2n) is 5.00. The average Bonchev–Trinajstić information content (AvgIpc) is 2.23. The van der Waals surface area contributed by atoms with Crippen LogP contribution >= 0.6 is 15.9 Å². The quantitative estimate of drug-likeness (QED) is 0.645. The molecular formula is C12H20BrN3O. The first-order valence-corrected chi connectivity index (χ1v) is 6.39. The van der Waals surface area contributed by atoms with Gasteiger partial charge in [0.25, 0.3) is 0 Å². The van der Waals surface area contributed by atoms with Crippen LogP contribution in [0, 0.1) is 0 Å². The molecule has 5 heteroatoms. The molecule has 1 aromatic heterocycles. The molecule has 96 valence electrons. The topological polar surface area (TPSA) is 60.2 Å². The number of halogens is 1. The number of hydrogen-bond acceptors (Lipinski definition) is 4. The average molecular weight is 302 g/mol. The Labute approximate surface area is 111 Å². The van der Waals surface area contributed by atoms with Gasteiger partial charge in [-0.15, -0.1) is 0 Å². The lowest BCUT2D eigenvalue weighted by Crippen LogP contribution is -2.42. The van der Waals surface area contributed by atoms with Gasteiger partial charge in [-0.1, -0.05) is 0 Å². The Kier molecular flexibility index (Phi) is 5.52. The first-order valence-electron chi connectivity index (χ1n) is 5.60. The van der Waals surface area contributed by atoms with Gasteiger partial charge in [-0.3, -0.25) is 16.3 Å². The summed E-state index contributed by atoms with van der Waals surface area (Å²) >= 11 is 3.40. The minimum Gasteiger partial charge on any atom is -0.374 e. The van der Waals surface area contributed by atoms with Gasteiger partial charge in [-0.25, -0.2) is 0 Å². The van der Waals surface area contributed by atoms with E-state index in [-0.39, 0.29) is 11.6 Å². The first kappa shape index (κ1) is 14.6. The Morgan fingerprint density at radius 2 is 2.18 bits per heavy atom. The summed E-state index contributed by atoms with van der Waals surface area (Å²) in [6, 6.07) is 2.12. The molecule has 1 aromatic rings. The molecule has 1 atom stereocenters. The second kappa shape index (κ2) is 6.44. The Morgan fingerprint density at radius 3 is 2.71 bits per heavy atom. The largest absolute Gasteiger partial charge is 0.374 e. The van der Waals surface area contributed by atoms with Crippen molar-refractivity contribution >= 4 is 15.9 Å². The summed E-state index contributed by atoms with van der Waals surface area (Å²) in [6.45, 7) is 6.66. The van der Waals surface area contributed by atoms with Gasteiger partial charge in [-0.05, 0) is 54.8 Å². The van der Waals surface area contributed by atoms with E-state index >= 15 is 0 Å². The van der Waals surface area contributed by atoms with Crippen LogP contribution in [0.1, 0.15) is 26.3 Å². The van der Waals surface area contributed by atoms with E-state index < -0.39 is 0 Å². The highest BCUT2D eigenvalue weighted by molar-refractivity contribution is 9.10. The van der Waals surface area contributed by atoms with Crippen molar-refractivity contribution in [1.82, 2.24) is 10.4 Å². The zero-order chi connectivity index (χ0) is 12.9. The van der Waals surface area contributed by atoms with Crippen molar-refractivity contribution in [1.29, 1.82) is 0 Å². The lowest BCUT2D eigenvalue weighted by atomic mass is 10.1. The maximum absolute atomic E-state index is 5.71. The Hall–Kier alpha value is -0.490. The summed E-state index contributed by atoms with van der Waals surface area (Å²) in [5.74, 6) is 5.53. The molecule has 0 spiro atoms. The van der Waals surface area contributed by atoms with Crippen LogP contribution in [0.2, 0.25) is 0 Å². The van der Waals surface area contributed by atoms with E-state index in [9.17, 15) is 0 Å². The van der Waals surface area contributed by atoms with Crippen LogP contribution in [0.15, 0.2) is 22.9 Å². The number of hydrogen-bond donors (Lipinski definition) is 2. The first-order chi connectivity index (χ1) is 7.90. The van der Waals surface area contributed by atoms with Crippen LogP contribution < -0.4 is 11.3 Å². The van der Waals surface area contributed by atoms with Crippen LogP contribution in [0.4, 0.5) is 0 Å². The van der Waals surface area contributed by atoms with E-state index in [1.807, 2.05) is 33.0 Å². The third-order valence-corrected chi connectivity index (χ3v) is 2.63. The van der Waals surface area contributed by atoms with E-state index in [0.717, 1.165) is 16.5 Å². The predicted octanol–water partition coefficient (Wildman–Crippen LogP) is 2.03. The van der Waals surface area contributed by atoms with Gasteiger partial charge in [-0.2, -0.15) is 0 Å². The second-order valence-corrected chi connectivity index (χ2v) is 5.92. The molecule has 0 aliphatic heterocycles. The van der Waals surface area contributed by atoms with Crippen molar-refractivity contribution in [2.75, 3.05) is 6.61 Å². The van der Waals surface area contributed by atoms with Crippen molar-refractivity contribution < 1.29 is 4.74 Å². The highest BCUT2D eigenvalue weighted by Crippen LogP contribution is 2.12. The molecule has 17 heavy (non-hydrogen) atoms. The molecule has 0 aliphatic rings. The lowest BCUT2D eigenvalue weighted by Gasteiger charge is -2.24. The SMILES string of the molecule is CC(C)(C)OCC(Cc1cncc(Br)c1)NN. The molecule has 1 rings (SSSR count). The molecule has 0 bridgehead atoms. The summed E-state index contributed by atoms with van der Waals surface area (Å²) in [6.07, 6.45) is 4.39. The fraction of sp³-hybridized carbons (Fsp3) is 0.583. The van der Waals surface area contributed by atoms with Crippen molar-refractivity contribution in [2.45, 2.75) is 38.8 Å². The molecule has 0 saturated heterocycles. The van der Waals surface area contributed by atoms with E-state index in [1.165, 1.54) is 0 Å². The maximum Gasteiger partial charge on any atom is 0.0643 e. The highest BCUT2D eigenvalue weighted by atomic mass is 79.9. The molecule has 0 aromatic carbocycles. The van der Waals surface area contributed by atoms with Crippen LogP contribution in [0.3, 0.4) is 0 Å². The van der Waals surface area contributed by atoms with Crippen molar-refractivity contribution in [3.8, 4) is 0 Å². The molecule has 1 unspecified atom stereocenters. The number of rotatable bonds is 5. The molecule has 1 heterocycles. The monoisotopic (exact) mass is 301 g/mol. The zero-order valence-electron chi connectivity index (χ0n) is 10.5. The molecule has 4 nitrogen and oxygen atoms in total. The van der Waals surface area contributed by atoms with Gasteiger partial charge in [0.2, 0.25) is 0 Å². The van der Waals surface area contributed by atoms with Gasteiger partial charge >= 0.3 is 0 Å². The predicted molar refractivity (Wildman–Crippen MR) is 72.5 cm³/mol. The molecule has 0 radical (unpaired) electrons. The van der Waals surface area contributed by atoms with E-state index in [0.29, 0.717) is 6.61 Å². The lowest BCUT2D eigenvalue weighted by molar-refractivity contribution is -0.0143. The van der Waals surface area contributed by atoms with E-state index in [2.05, 4.69) is 26.3 Å². The number of aromatic nitrogens is 1. The normalized spacial score (nSPS) is 13.7. The van der Waals surface area contributed by atoms with Crippen LogP contribution in [0.25, 0.3) is 0 Å². The minimum atomic E-state index is -0.148. The Balaban J connectivity index is 2.52. The molecule has 0 fully saturated rings. The van der Waals surface area contributed by atoms with Crippen LogP contribution in [-0.2, 0) is 11.2 Å². The Morgan fingerprint density at radius 1 is 1.47 bits per heavy atom. The van der Waals surface area contributed by atoms with Gasteiger partial charge in [0.1, 0.15) is 0 Å². The van der Waals surface area contributed by atoms with Crippen LogP contribution in [0.5, 0.6) is 0 Å². The molecular weight excluding hydrogens is 282 g/mol. The van der Waals surface area contributed by atoms with Gasteiger partial charge in [0.05, 0.1) is 12.2 Å². The number of ether oxygens (including phenoxy) is 1. The smallest absolute Gasteiger partial charge is 0.0643 e. The van der Waals surface area contributed by atoms with Gasteiger partial charge in [0, 0.05) is 22.9 Å². The van der Waals surface area contributed by atoms with E-state index in [1.54, 1.807) is 6.20 Å². The fourth-order valence-electron chi connectivity index (χ4n) is 1.37. The van der Waals surface area contributed by atoms with Crippen LogP contribution in [-0.4, -0.2) is 23.2 Å². The van der Waals surface area contributed by atoms with Crippen molar-refractivity contribution in [3.05, 3.63) is 28.5 Å². The molecule has 0 aliphatic carbocycles. The summed E-state index contributed by atoms with van der Waals surface area (Å²) < 4.78 is 6.68. The molecule has 0 amide bonds. The standard InChI is InChI=1S/C12H20BrN3O/c1-12(2,3)17-8-11(16-14)5-9-4-10(13)7-15-6-9/h4,6-7,11,16H,5,8,14H2,1-3H3. The summed E-state index contributed by atoms with van der Waals surface area (Å²) in [5, 5.41) is 0. The molecule has 0 saturated carbocycles. The summed E-state index contributed by atoms with van der Waals surface area (Å²) in [4.78, 5) is 4.12. The third-order valence-electron chi connectivity index (χ3n) is 2.20. The Bertz CT molecular complexity index is 352. The van der Waals surface area contributed by atoms with Crippen molar-refractivity contribution in [2.24, 2.45) is 5.84 Å². The van der Waals surface area contributed by atoms with E-state index in [4.69, 9.17) is 10.6 Å². The minimum absolute atomic E-state index is 0.0883. The maximum atomic E-state index is 5.71.